The van der Waals surface area contributed by atoms with Crippen LogP contribution in [0.15, 0.2) is 34.4 Å². The quantitative estimate of drug-likeness (QED) is 0.272. The van der Waals surface area contributed by atoms with Crippen molar-refractivity contribution >= 4 is 17.7 Å². The number of carbonyl (C=O) groups is 3. The van der Waals surface area contributed by atoms with E-state index >= 15 is 0 Å². The average molecular weight is 703 g/mol. The zero-order valence-corrected chi connectivity index (χ0v) is 33.1. The molecule has 0 radical (unpaired) electrons. The largest absolute Gasteiger partial charge is 0.469 e. The molecule has 1 aliphatic heterocycles. The van der Waals surface area contributed by atoms with Gasteiger partial charge in [0.2, 0.25) is 5.91 Å². The standard InChI is InChI=1S/C44H66N2O5/c1-28(2)36-33(47)27-44(39(49)45-21-22-46-23-25-51-26-24-46)20-19-42(6)32(37(36)44)13-14-35-41(5)17-15-31(29-9-11-30(12-10-29)38(48)50-8)40(3,4)34(41)16-18-43(35,42)7/h9,15,28,30,32,34-35H,10-14,16-27H2,1-8H3,(H,45,49)/t30?,32-,34+,35-,41+,42-,43-,44-/m1/s1. The lowest BCUT2D eigenvalue weighted by molar-refractivity contribution is -0.199. The highest BCUT2D eigenvalue weighted by Gasteiger charge is 2.70. The molecule has 1 N–H and O–H groups in total. The molecule has 0 bridgehead atoms. The van der Waals surface area contributed by atoms with E-state index in [9.17, 15) is 14.4 Å². The van der Waals surface area contributed by atoms with Crippen LogP contribution in [0.1, 0.15) is 119 Å². The number of hydrogen-bond acceptors (Lipinski definition) is 6. The highest BCUT2D eigenvalue weighted by atomic mass is 16.5. The number of ketones is 1. The van der Waals surface area contributed by atoms with Crippen LogP contribution in [0.25, 0.3) is 0 Å². The molecule has 7 heteroatoms. The minimum atomic E-state index is -0.693. The van der Waals surface area contributed by atoms with Crippen molar-refractivity contribution in [1.29, 1.82) is 0 Å². The second-order valence-electron chi connectivity index (χ2n) is 19.3. The Morgan fingerprint density at radius 3 is 2.37 bits per heavy atom. The SMILES string of the molecule is COC(=O)C1CC=C(C2=CC[C@]3(C)[C@H]4CC[C@@H]5C6=C(C(C)C)C(=O)C[C@]6(C(=O)NCCN6CCOCC6)CC[C@@]5(C)[C@]4(C)CC[C@H]3C2(C)C)CC1. The molecule has 6 aliphatic carbocycles. The molecule has 0 aromatic carbocycles. The van der Waals surface area contributed by atoms with Gasteiger partial charge in [0.05, 0.1) is 31.7 Å². The van der Waals surface area contributed by atoms with Crippen LogP contribution in [0.2, 0.25) is 0 Å². The van der Waals surface area contributed by atoms with Gasteiger partial charge in [0.25, 0.3) is 0 Å². The van der Waals surface area contributed by atoms with Gasteiger partial charge in [0.1, 0.15) is 0 Å². The number of Topliss-reactive ketones (excluding diaryl/α,β-unsaturated/α-hetero) is 1. The van der Waals surface area contributed by atoms with E-state index in [1.54, 1.807) is 0 Å². The van der Waals surface area contributed by atoms with E-state index in [0.29, 0.717) is 24.8 Å². The fourth-order valence-electron chi connectivity index (χ4n) is 13.8. The molecule has 0 aromatic heterocycles. The number of carbonyl (C=O) groups excluding carboxylic acids is 3. The molecule has 7 nitrogen and oxygen atoms in total. The number of hydrogen-bond donors (Lipinski definition) is 1. The van der Waals surface area contributed by atoms with E-state index in [1.807, 2.05) is 0 Å². The van der Waals surface area contributed by atoms with Gasteiger partial charge in [-0.05, 0) is 132 Å². The maximum atomic E-state index is 14.5. The predicted molar refractivity (Wildman–Crippen MR) is 201 cm³/mol. The summed E-state index contributed by atoms with van der Waals surface area (Å²) in [4.78, 5) is 43.1. The van der Waals surface area contributed by atoms with Gasteiger partial charge in [0.15, 0.2) is 5.78 Å². The molecule has 7 rings (SSSR count). The lowest BCUT2D eigenvalue weighted by Gasteiger charge is -2.71. The van der Waals surface area contributed by atoms with Crippen LogP contribution in [0, 0.1) is 56.7 Å². The van der Waals surface area contributed by atoms with E-state index in [0.717, 1.165) is 89.8 Å². The van der Waals surface area contributed by atoms with Gasteiger partial charge in [-0.15, -0.1) is 0 Å². The average Bonchev–Trinajstić information content (AvgIpc) is 3.42. The van der Waals surface area contributed by atoms with Crippen LogP contribution in [0.3, 0.4) is 0 Å². The van der Waals surface area contributed by atoms with Crippen molar-refractivity contribution < 1.29 is 23.9 Å². The molecular formula is C44H66N2O5. The normalized spacial score (nSPS) is 40.8. The van der Waals surface area contributed by atoms with Crippen molar-refractivity contribution in [2.75, 3.05) is 46.5 Å². The van der Waals surface area contributed by atoms with Gasteiger partial charge in [-0.25, -0.2) is 0 Å². The Morgan fingerprint density at radius 1 is 0.961 bits per heavy atom. The summed E-state index contributed by atoms with van der Waals surface area (Å²) in [5.41, 5.74) is 4.91. The Bertz CT molecular complexity index is 1530. The number of ether oxygens (including phenoxy) is 2. The van der Waals surface area contributed by atoms with Crippen LogP contribution < -0.4 is 5.32 Å². The molecule has 1 saturated heterocycles. The van der Waals surface area contributed by atoms with Crippen LogP contribution >= 0.6 is 0 Å². The highest BCUT2D eigenvalue weighted by Crippen LogP contribution is 2.76. The Labute approximate surface area is 307 Å². The van der Waals surface area contributed by atoms with E-state index < -0.39 is 5.41 Å². The first-order valence-corrected chi connectivity index (χ1v) is 20.5. The fourth-order valence-corrected chi connectivity index (χ4v) is 13.8. The smallest absolute Gasteiger partial charge is 0.308 e. The molecule has 51 heavy (non-hydrogen) atoms. The van der Waals surface area contributed by atoms with Crippen molar-refractivity contribution in [2.24, 2.45) is 56.7 Å². The number of nitrogens with zero attached hydrogens (tertiary/aromatic N) is 1. The third kappa shape index (κ3) is 5.59. The van der Waals surface area contributed by atoms with Crippen molar-refractivity contribution in [1.82, 2.24) is 10.2 Å². The van der Waals surface area contributed by atoms with Gasteiger partial charge < -0.3 is 14.8 Å². The van der Waals surface area contributed by atoms with Crippen LogP contribution in [0.5, 0.6) is 0 Å². The molecule has 0 aromatic rings. The zero-order valence-electron chi connectivity index (χ0n) is 33.1. The molecule has 4 fully saturated rings. The molecular weight excluding hydrogens is 636 g/mol. The summed E-state index contributed by atoms with van der Waals surface area (Å²) in [7, 11) is 1.50. The number of nitrogens with one attached hydrogen (secondary N) is 1. The second kappa shape index (κ2) is 13.2. The van der Waals surface area contributed by atoms with Crippen molar-refractivity contribution in [3.8, 4) is 0 Å². The van der Waals surface area contributed by atoms with Crippen LogP contribution in [-0.2, 0) is 23.9 Å². The van der Waals surface area contributed by atoms with Gasteiger partial charge in [-0.3, -0.25) is 19.3 Å². The molecule has 1 unspecified atom stereocenters. The lowest BCUT2D eigenvalue weighted by atomic mass is 9.33. The summed E-state index contributed by atoms with van der Waals surface area (Å²) < 4.78 is 10.6. The summed E-state index contributed by atoms with van der Waals surface area (Å²) in [5.74, 6) is 1.78. The number of amides is 1. The molecule has 3 saturated carbocycles. The van der Waals surface area contributed by atoms with E-state index in [1.165, 1.54) is 36.7 Å². The van der Waals surface area contributed by atoms with Crippen molar-refractivity contribution in [3.05, 3.63) is 34.4 Å². The number of rotatable bonds is 7. The summed E-state index contributed by atoms with van der Waals surface area (Å²) in [6.45, 7) is 21.9. The maximum absolute atomic E-state index is 14.5. The summed E-state index contributed by atoms with van der Waals surface area (Å²) in [6, 6.07) is 0. The fraction of sp³-hybridized carbons (Fsp3) is 0.795. The summed E-state index contributed by atoms with van der Waals surface area (Å²) in [6.07, 6.45) is 15.4. The lowest BCUT2D eigenvalue weighted by Crippen LogP contribution is -2.64. The summed E-state index contributed by atoms with van der Waals surface area (Å²) in [5, 5.41) is 3.37. The summed E-state index contributed by atoms with van der Waals surface area (Å²) >= 11 is 0. The van der Waals surface area contributed by atoms with E-state index in [4.69, 9.17) is 9.47 Å². The van der Waals surface area contributed by atoms with Gasteiger partial charge in [0, 0.05) is 32.6 Å². The molecule has 8 atom stereocenters. The second-order valence-corrected chi connectivity index (χ2v) is 19.3. The third-order valence-electron chi connectivity index (χ3n) is 16.6. The Kier molecular flexibility index (Phi) is 9.63. The molecule has 0 spiro atoms. The predicted octanol–water partition coefficient (Wildman–Crippen LogP) is 7.85. The van der Waals surface area contributed by atoms with Crippen molar-refractivity contribution in [3.63, 3.8) is 0 Å². The topological polar surface area (TPSA) is 84.9 Å². The van der Waals surface area contributed by atoms with Crippen LogP contribution in [0.4, 0.5) is 0 Å². The minimum absolute atomic E-state index is 0.0143. The number of methoxy groups -OCH3 is 1. The Hall–Kier alpha value is -2.25. The number of esters is 1. The van der Waals surface area contributed by atoms with Gasteiger partial charge in [-0.2, -0.15) is 0 Å². The minimum Gasteiger partial charge on any atom is -0.469 e. The molecule has 7 aliphatic rings. The highest BCUT2D eigenvalue weighted by molar-refractivity contribution is 6.07. The first-order valence-electron chi connectivity index (χ1n) is 20.5. The first-order chi connectivity index (χ1) is 24.1. The third-order valence-corrected chi connectivity index (χ3v) is 16.6. The Balaban J connectivity index is 1.17. The zero-order chi connectivity index (χ0) is 36.6. The van der Waals surface area contributed by atoms with Crippen LogP contribution in [-0.4, -0.2) is 69.1 Å². The Morgan fingerprint density at radius 2 is 1.71 bits per heavy atom. The van der Waals surface area contributed by atoms with Crippen molar-refractivity contribution in [2.45, 2.75) is 119 Å². The number of fused-ring (bicyclic) bond motifs is 7. The number of allylic oxidation sites excluding steroid dienone is 5. The number of morpholine rings is 1. The first kappa shape index (κ1) is 37.1. The molecule has 1 heterocycles. The monoisotopic (exact) mass is 702 g/mol. The van der Waals surface area contributed by atoms with E-state index in [-0.39, 0.29) is 57.1 Å². The maximum Gasteiger partial charge on any atom is 0.308 e. The van der Waals surface area contributed by atoms with Gasteiger partial charge >= 0.3 is 5.97 Å². The van der Waals surface area contributed by atoms with Gasteiger partial charge in [-0.1, -0.05) is 60.6 Å². The molecule has 1 amide bonds. The molecule has 282 valence electrons. The van der Waals surface area contributed by atoms with E-state index in [2.05, 4.69) is 70.8 Å².